The van der Waals surface area contributed by atoms with Gasteiger partial charge in [0, 0.05) is 41.9 Å². The molecule has 3 atom stereocenters. The molecule has 2 saturated heterocycles. The Morgan fingerprint density at radius 2 is 2.00 bits per heavy atom. The van der Waals surface area contributed by atoms with Gasteiger partial charge in [-0.25, -0.2) is 13.2 Å². The SMILES string of the molecule is O=C(NCc1cc(Cl)cc(Cl)c1F)C1(O)CCN(c2cnn([C@@H]3CC[C@@H](c4cc(F)ccc4F)OC3)c2)C1=O. The predicted octanol–water partition coefficient (Wildman–Crippen LogP) is 4.48. The first-order chi connectivity index (χ1) is 18.6. The molecule has 5 rings (SSSR count). The zero-order valence-electron chi connectivity index (χ0n) is 20.3. The molecule has 3 heterocycles. The number of benzene rings is 2. The van der Waals surface area contributed by atoms with Crippen molar-refractivity contribution in [1.29, 1.82) is 0 Å². The van der Waals surface area contributed by atoms with E-state index in [1.807, 2.05) is 0 Å². The maximum atomic E-state index is 14.2. The van der Waals surface area contributed by atoms with Gasteiger partial charge in [0.25, 0.3) is 11.8 Å². The fraction of sp³-hybridized carbons (Fsp3) is 0.346. The molecule has 2 aromatic carbocycles. The largest absolute Gasteiger partial charge is 0.372 e. The van der Waals surface area contributed by atoms with Crippen molar-refractivity contribution in [2.45, 2.75) is 43.6 Å². The molecule has 13 heteroatoms. The van der Waals surface area contributed by atoms with Crippen molar-refractivity contribution in [1.82, 2.24) is 15.1 Å². The van der Waals surface area contributed by atoms with Crippen LogP contribution in [0.15, 0.2) is 42.7 Å². The topological polar surface area (TPSA) is 96.7 Å². The molecular weight excluding hydrogens is 560 g/mol. The van der Waals surface area contributed by atoms with Gasteiger partial charge in [0.15, 0.2) is 0 Å². The summed E-state index contributed by atoms with van der Waals surface area (Å²) in [6.45, 7) is -0.0966. The van der Waals surface area contributed by atoms with Crippen LogP contribution in [0.25, 0.3) is 0 Å². The number of aromatic nitrogens is 2. The van der Waals surface area contributed by atoms with Gasteiger partial charge in [-0.15, -0.1) is 0 Å². The Balaban J connectivity index is 1.21. The number of ether oxygens (including phenoxy) is 1. The first kappa shape index (κ1) is 27.4. The zero-order valence-corrected chi connectivity index (χ0v) is 21.9. The number of rotatable bonds is 6. The quantitative estimate of drug-likeness (QED) is 0.330. The van der Waals surface area contributed by atoms with Gasteiger partial charge < -0.3 is 20.1 Å². The van der Waals surface area contributed by atoms with E-state index in [1.54, 1.807) is 10.9 Å². The van der Waals surface area contributed by atoms with E-state index in [4.69, 9.17) is 27.9 Å². The van der Waals surface area contributed by atoms with Crippen molar-refractivity contribution < 1.29 is 32.6 Å². The van der Waals surface area contributed by atoms with Crippen LogP contribution in [0.5, 0.6) is 0 Å². The highest BCUT2D eigenvalue weighted by Gasteiger charge is 2.52. The first-order valence-corrected chi connectivity index (χ1v) is 12.9. The molecule has 2 amide bonds. The molecule has 0 saturated carbocycles. The Hall–Kier alpha value is -3.12. The summed E-state index contributed by atoms with van der Waals surface area (Å²) in [7, 11) is 0. The Labute approximate surface area is 231 Å². The highest BCUT2D eigenvalue weighted by Crippen LogP contribution is 2.35. The van der Waals surface area contributed by atoms with Crippen molar-refractivity contribution in [2.24, 2.45) is 0 Å². The summed E-state index contributed by atoms with van der Waals surface area (Å²) < 4.78 is 49.3. The van der Waals surface area contributed by atoms with E-state index < -0.39 is 41.0 Å². The first-order valence-electron chi connectivity index (χ1n) is 12.1. The summed E-state index contributed by atoms with van der Waals surface area (Å²) in [6, 6.07) is 5.54. The minimum absolute atomic E-state index is 0.00473. The molecule has 2 N–H and O–H groups in total. The summed E-state index contributed by atoms with van der Waals surface area (Å²) in [4.78, 5) is 27.1. The molecule has 2 fully saturated rings. The number of hydrogen-bond acceptors (Lipinski definition) is 5. The molecule has 0 aliphatic carbocycles. The zero-order chi connectivity index (χ0) is 27.9. The van der Waals surface area contributed by atoms with Gasteiger partial charge in [-0.3, -0.25) is 14.3 Å². The molecule has 206 valence electrons. The second-order valence-electron chi connectivity index (χ2n) is 9.51. The lowest BCUT2D eigenvalue weighted by Gasteiger charge is -2.29. The van der Waals surface area contributed by atoms with E-state index in [0.717, 1.165) is 18.2 Å². The molecule has 0 spiro atoms. The molecule has 39 heavy (non-hydrogen) atoms. The van der Waals surface area contributed by atoms with Crippen LogP contribution in [0, 0.1) is 17.5 Å². The predicted molar refractivity (Wildman–Crippen MR) is 136 cm³/mol. The summed E-state index contributed by atoms with van der Waals surface area (Å²) in [5, 5.41) is 17.5. The van der Waals surface area contributed by atoms with Crippen LogP contribution >= 0.6 is 23.2 Å². The highest BCUT2D eigenvalue weighted by atomic mass is 35.5. The van der Waals surface area contributed by atoms with E-state index in [1.165, 1.54) is 23.2 Å². The average molecular weight is 583 g/mol. The lowest BCUT2D eigenvalue weighted by Crippen LogP contribution is -2.52. The summed E-state index contributed by atoms with van der Waals surface area (Å²) in [5.41, 5.74) is -1.81. The Morgan fingerprint density at radius 3 is 2.74 bits per heavy atom. The Morgan fingerprint density at radius 1 is 1.21 bits per heavy atom. The van der Waals surface area contributed by atoms with Crippen molar-refractivity contribution in [3.8, 4) is 0 Å². The Bertz CT molecular complexity index is 1430. The van der Waals surface area contributed by atoms with Crippen LogP contribution in [0.1, 0.15) is 42.5 Å². The van der Waals surface area contributed by atoms with Gasteiger partial charge in [-0.1, -0.05) is 23.2 Å². The minimum atomic E-state index is -2.35. The van der Waals surface area contributed by atoms with Gasteiger partial charge in [-0.2, -0.15) is 5.10 Å². The smallest absolute Gasteiger partial charge is 0.268 e. The second-order valence-corrected chi connectivity index (χ2v) is 10.4. The maximum absolute atomic E-state index is 14.2. The number of nitrogens with one attached hydrogen (secondary N) is 1. The normalized spacial score (nSPS) is 23.3. The molecule has 0 bridgehead atoms. The second kappa shape index (κ2) is 10.8. The number of nitrogens with zero attached hydrogens (tertiary/aromatic N) is 3. The number of amides is 2. The van der Waals surface area contributed by atoms with Gasteiger partial charge >= 0.3 is 0 Å². The van der Waals surface area contributed by atoms with Crippen LogP contribution in [0.2, 0.25) is 10.0 Å². The van der Waals surface area contributed by atoms with Crippen LogP contribution in [0.4, 0.5) is 18.9 Å². The van der Waals surface area contributed by atoms with Crippen molar-refractivity contribution in [2.75, 3.05) is 18.1 Å². The monoisotopic (exact) mass is 582 g/mol. The third kappa shape index (κ3) is 5.36. The minimum Gasteiger partial charge on any atom is -0.372 e. The molecule has 8 nitrogen and oxygen atoms in total. The standard InChI is InChI=1S/C26H23Cl2F3N4O4/c27-15-7-14(23(31)20(28)8-15)10-32-24(36)26(38)5-6-34(25(26)37)18-11-33-35(12-18)17-2-4-22(39-13-17)19-9-16(29)1-3-21(19)30/h1,3,7-9,11-12,17,22,38H,2,4-6,10,13H2,(H,32,36)/t17-,22+,26?/m1/s1. The van der Waals surface area contributed by atoms with E-state index in [9.17, 15) is 27.9 Å². The van der Waals surface area contributed by atoms with E-state index in [-0.39, 0.29) is 53.3 Å². The molecule has 1 aromatic heterocycles. The summed E-state index contributed by atoms with van der Waals surface area (Å²) in [6.07, 6.45) is 3.25. The van der Waals surface area contributed by atoms with Gasteiger partial charge in [0.1, 0.15) is 17.5 Å². The number of hydrogen-bond donors (Lipinski definition) is 2. The highest BCUT2D eigenvalue weighted by molar-refractivity contribution is 6.34. The lowest BCUT2D eigenvalue weighted by atomic mass is 9.98. The molecule has 2 aliphatic heterocycles. The lowest BCUT2D eigenvalue weighted by molar-refractivity contribution is -0.149. The van der Waals surface area contributed by atoms with E-state index >= 15 is 0 Å². The number of halogens is 5. The van der Waals surface area contributed by atoms with Crippen LogP contribution in [0.3, 0.4) is 0 Å². The number of anilines is 1. The van der Waals surface area contributed by atoms with Crippen molar-refractivity contribution in [3.05, 3.63) is 81.3 Å². The number of aliphatic hydroxyl groups is 1. The third-order valence-corrected chi connectivity index (χ3v) is 7.50. The molecule has 2 aliphatic rings. The van der Waals surface area contributed by atoms with Gasteiger partial charge in [-0.05, 0) is 43.2 Å². The van der Waals surface area contributed by atoms with Crippen molar-refractivity contribution >= 4 is 40.7 Å². The van der Waals surface area contributed by atoms with Crippen LogP contribution < -0.4 is 10.2 Å². The van der Waals surface area contributed by atoms with Crippen LogP contribution in [-0.4, -0.2) is 45.5 Å². The average Bonchev–Trinajstić information content (AvgIpc) is 3.52. The fourth-order valence-corrected chi connectivity index (χ4v) is 5.38. The fourth-order valence-electron chi connectivity index (χ4n) is 4.84. The molecular formula is C26H23Cl2F3N4O4. The summed E-state index contributed by atoms with van der Waals surface area (Å²) >= 11 is 11.7. The number of carbonyl (C=O) groups is 2. The Kier molecular flexibility index (Phi) is 7.60. The van der Waals surface area contributed by atoms with E-state index in [0.29, 0.717) is 18.5 Å². The third-order valence-electron chi connectivity index (χ3n) is 7.01. The van der Waals surface area contributed by atoms with E-state index in [2.05, 4.69) is 10.4 Å². The van der Waals surface area contributed by atoms with Gasteiger partial charge in [0.2, 0.25) is 5.60 Å². The van der Waals surface area contributed by atoms with Gasteiger partial charge in [0.05, 0.1) is 35.7 Å². The molecule has 1 unspecified atom stereocenters. The maximum Gasteiger partial charge on any atom is 0.268 e. The van der Waals surface area contributed by atoms with Crippen LogP contribution in [-0.2, 0) is 20.9 Å². The summed E-state index contributed by atoms with van der Waals surface area (Å²) in [5.74, 6) is -3.66. The van der Waals surface area contributed by atoms with Crippen molar-refractivity contribution in [3.63, 3.8) is 0 Å². The molecule has 0 radical (unpaired) electrons. The molecule has 3 aromatic rings. The number of carbonyl (C=O) groups excluding carboxylic acids is 2.